The van der Waals surface area contributed by atoms with Crippen LogP contribution in [0.5, 0.6) is 0 Å². The second-order valence-electron chi connectivity index (χ2n) is 4.32. The molecule has 0 radical (unpaired) electrons. The summed E-state index contributed by atoms with van der Waals surface area (Å²) in [7, 11) is 0. The van der Waals surface area contributed by atoms with E-state index in [-0.39, 0.29) is 17.9 Å². The molecule has 3 unspecified atom stereocenters. The standard InChI is InChI=1S/C12H15N3O2/c13-5-8-2-1-3-9(4-8)12(17)15-10-6-14-7-11(10)16/h1-3,8,10-11,14,16H,4,6-7H2,(H,15,17). The van der Waals surface area contributed by atoms with Gasteiger partial charge in [0.1, 0.15) is 0 Å². The molecule has 5 heteroatoms. The average Bonchev–Trinajstić information content (AvgIpc) is 2.75. The summed E-state index contributed by atoms with van der Waals surface area (Å²) >= 11 is 0. The molecule has 1 saturated heterocycles. The van der Waals surface area contributed by atoms with Gasteiger partial charge in [-0.15, -0.1) is 0 Å². The van der Waals surface area contributed by atoms with E-state index in [0.717, 1.165) is 0 Å². The Balaban J connectivity index is 1.94. The molecule has 2 rings (SSSR count). The van der Waals surface area contributed by atoms with Crippen molar-refractivity contribution in [2.45, 2.75) is 18.6 Å². The molecule has 17 heavy (non-hydrogen) atoms. The number of aliphatic hydroxyl groups is 1. The van der Waals surface area contributed by atoms with E-state index in [1.807, 2.05) is 0 Å². The van der Waals surface area contributed by atoms with E-state index in [2.05, 4.69) is 16.7 Å². The minimum absolute atomic E-state index is 0.192. The Morgan fingerprint density at radius 1 is 1.59 bits per heavy atom. The number of rotatable bonds is 2. The number of nitrogens with one attached hydrogen (secondary N) is 2. The zero-order valence-electron chi connectivity index (χ0n) is 9.39. The maximum absolute atomic E-state index is 11.9. The van der Waals surface area contributed by atoms with Gasteiger partial charge in [-0.3, -0.25) is 4.79 Å². The van der Waals surface area contributed by atoms with Crippen molar-refractivity contribution in [1.29, 1.82) is 5.26 Å². The summed E-state index contributed by atoms with van der Waals surface area (Å²) in [5, 5.41) is 24.2. The first-order chi connectivity index (χ1) is 8.20. The van der Waals surface area contributed by atoms with Crippen molar-refractivity contribution >= 4 is 5.91 Å². The van der Waals surface area contributed by atoms with Crippen LogP contribution in [0.15, 0.2) is 23.8 Å². The summed E-state index contributed by atoms with van der Waals surface area (Å²) in [5.41, 5.74) is 0.596. The summed E-state index contributed by atoms with van der Waals surface area (Å²) in [6, 6.07) is 1.88. The van der Waals surface area contributed by atoms with Crippen LogP contribution in [0, 0.1) is 17.2 Å². The number of hydrogen-bond donors (Lipinski definition) is 3. The first-order valence-electron chi connectivity index (χ1n) is 5.67. The molecule has 0 aromatic heterocycles. The molecule has 1 aliphatic heterocycles. The first kappa shape index (κ1) is 11.8. The molecule has 2 aliphatic rings. The molecule has 1 amide bonds. The van der Waals surface area contributed by atoms with Crippen LogP contribution >= 0.6 is 0 Å². The molecule has 0 saturated carbocycles. The van der Waals surface area contributed by atoms with E-state index in [1.54, 1.807) is 18.2 Å². The van der Waals surface area contributed by atoms with Crippen LogP contribution in [-0.2, 0) is 4.79 Å². The Kier molecular flexibility index (Phi) is 3.57. The van der Waals surface area contributed by atoms with Crippen molar-refractivity contribution in [3.8, 4) is 6.07 Å². The summed E-state index contributed by atoms with van der Waals surface area (Å²) in [6.07, 6.45) is 5.14. The van der Waals surface area contributed by atoms with Crippen LogP contribution < -0.4 is 10.6 Å². The van der Waals surface area contributed by atoms with E-state index in [1.165, 1.54) is 0 Å². The molecule has 3 N–H and O–H groups in total. The van der Waals surface area contributed by atoms with E-state index >= 15 is 0 Å². The van der Waals surface area contributed by atoms with Crippen LogP contribution in [0.1, 0.15) is 6.42 Å². The fraction of sp³-hybridized carbons (Fsp3) is 0.500. The number of nitriles is 1. The zero-order chi connectivity index (χ0) is 12.3. The van der Waals surface area contributed by atoms with E-state index in [9.17, 15) is 9.90 Å². The molecule has 0 aromatic rings. The highest BCUT2D eigenvalue weighted by Gasteiger charge is 2.27. The number of amides is 1. The molecular formula is C12H15N3O2. The molecule has 0 bridgehead atoms. The van der Waals surface area contributed by atoms with Crippen LogP contribution in [-0.4, -0.2) is 36.2 Å². The van der Waals surface area contributed by atoms with Gasteiger partial charge in [0.05, 0.1) is 24.1 Å². The van der Waals surface area contributed by atoms with Gasteiger partial charge in [0, 0.05) is 18.7 Å². The minimum Gasteiger partial charge on any atom is -0.390 e. The van der Waals surface area contributed by atoms with Gasteiger partial charge in [0.25, 0.3) is 0 Å². The highest BCUT2D eigenvalue weighted by Crippen LogP contribution is 2.18. The topological polar surface area (TPSA) is 85.2 Å². The molecule has 1 aliphatic carbocycles. The molecule has 3 atom stereocenters. The van der Waals surface area contributed by atoms with E-state index < -0.39 is 6.10 Å². The lowest BCUT2D eigenvalue weighted by Crippen LogP contribution is -2.43. The SMILES string of the molecule is N#CC1C=CC=C(C(=O)NC2CNCC2O)C1. The van der Waals surface area contributed by atoms with Gasteiger partial charge in [-0.1, -0.05) is 18.2 Å². The van der Waals surface area contributed by atoms with Crippen LogP contribution in [0.3, 0.4) is 0 Å². The molecule has 90 valence electrons. The number of aliphatic hydroxyl groups excluding tert-OH is 1. The summed E-state index contributed by atoms with van der Waals surface area (Å²) in [4.78, 5) is 11.9. The summed E-state index contributed by atoms with van der Waals surface area (Å²) < 4.78 is 0. The van der Waals surface area contributed by atoms with Gasteiger partial charge >= 0.3 is 0 Å². The van der Waals surface area contributed by atoms with Crippen LogP contribution in [0.25, 0.3) is 0 Å². The predicted molar refractivity (Wildman–Crippen MR) is 61.8 cm³/mol. The maximum Gasteiger partial charge on any atom is 0.247 e. The molecule has 0 spiro atoms. The number of allylic oxidation sites excluding steroid dienone is 3. The van der Waals surface area contributed by atoms with Crippen molar-refractivity contribution in [3.05, 3.63) is 23.8 Å². The fourth-order valence-corrected chi connectivity index (χ4v) is 2.01. The Hall–Kier alpha value is -1.64. The van der Waals surface area contributed by atoms with Gasteiger partial charge in [-0.05, 0) is 6.42 Å². The van der Waals surface area contributed by atoms with E-state index in [4.69, 9.17) is 5.26 Å². The highest BCUT2D eigenvalue weighted by atomic mass is 16.3. The quantitative estimate of drug-likeness (QED) is 0.598. The fourth-order valence-electron chi connectivity index (χ4n) is 2.01. The number of hydrogen-bond acceptors (Lipinski definition) is 4. The zero-order valence-corrected chi connectivity index (χ0v) is 9.39. The van der Waals surface area contributed by atoms with Gasteiger partial charge < -0.3 is 15.7 Å². The van der Waals surface area contributed by atoms with Gasteiger partial charge in [0.15, 0.2) is 0 Å². The second-order valence-corrected chi connectivity index (χ2v) is 4.32. The number of carbonyl (C=O) groups is 1. The molecule has 5 nitrogen and oxygen atoms in total. The largest absolute Gasteiger partial charge is 0.390 e. The molecular weight excluding hydrogens is 218 g/mol. The molecule has 1 fully saturated rings. The molecule has 1 heterocycles. The van der Waals surface area contributed by atoms with Crippen molar-refractivity contribution in [2.75, 3.05) is 13.1 Å². The minimum atomic E-state index is -0.537. The average molecular weight is 233 g/mol. The Morgan fingerprint density at radius 2 is 2.41 bits per heavy atom. The van der Waals surface area contributed by atoms with Crippen molar-refractivity contribution < 1.29 is 9.90 Å². The number of nitrogens with zero attached hydrogens (tertiary/aromatic N) is 1. The number of β-amino-alcohol motifs (C(OH)–C–C–N with tert-alkyl or cyclic N) is 1. The lowest BCUT2D eigenvalue weighted by molar-refractivity contribution is -0.118. The van der Waals surface area contributed by atoms with Gasteiger partial charge in [0.2, 0.25) is 5.91 Å². The Labute approximate surface area is 99.8 Å². The third kappa shape index (κ3) is 2.73. The maximum atomic E-state index is 11.9. The number of carbonyl (C=O) groups excluding carboxylic acids is 1. The van der Waals surface area contributed by atoms with Gasteiger partial charge in [-0.25, -0.2) is 0 Å². The summed E-state index contributed by atoms with van der Waals surface area (Å²) in [6.45, 7) is 1.09. The lowest BCUT2D eigenvalue weighted by Gasteiger charge is -2.18. The van der Waals surface area contributed by atoms with Crippen LogP contribution in [0.4, 0.5) is 0 Å². The summed E-state index contributed by atoms with van der Waals surface area (Å²) in [5.74, 6) is -0.422. The van der Waals surface area contributed by atoms with Crippen LogP contribution in [0.2, 0.25) is 0 Å². The first-order valence-corrected chi connectivity index (χ1v) is 5.67. The monoisotopic (exact) mass is 233 g/mol. The van der Waals surface area contributed by atoms with E-state index in [0.29, 0.717) is 25.1 Å². The second kappa shape index (κ2) is 5.13. The molecule has 0 aromatic carbocycles. The smallest absolute Gasteiger partial charge is 0.247 e. The third-order valence-corrected chi connectivity index (χ3v) is 3.04. The van der Waals surface area contributed by atoms with Gasteiger partial charge in [-0.2, -0.15) is 5.26 Å². The highest BCUT2D eigenvalue weighted by molar-refractivity contribution is 5.94. The Bertz CT molecular complexity index is 408. The van der Waals surface area contributed by atoms with Crippen molar-refractivity contribution in [3.63, 3.8) is 0 Å². The van der Waals surface area contributed by atoms with Crippen molar-refractivity contribution in [1.82, 2.24) is 10.6 Å². The lowest BCUT2D eigenvalue weighted by atomic mass is 9.95. The normalized spacial score (nSPS) is 31.8. The van der Waals surface area contributed by atoms with Crippen molar-refractivity contribution in [2.24, 2.45) is 5.92 Å². The third-order valence-electron chi connectivity index (χ3n) is 3.04. The Morgan fingerprint density at radius 3 is 3.06 bits per heavy atom. The predicted octanol–water partition coefficient (Wildman–Crippen LogP) is -0.539.